The van der Waals surface area contributed by atoms with E-state index in [1.165, 1.54) is 13.0 Å². The number of fused-ring (bicyclic) bond motifs is 1. The van der Waals surface area contributed by atoms with Gasteiger partial charge in [0.25, 0.3) is 0 Å². The number of azo groups is 1. The molecule has 0 N–H and O–H groups in total. The molecule has 0 radical (unpaired) electrons. The lowest BCUT2D eigenvalue weighted by Gasteiger charge is -2.00. The Morgan fingerprint density at radius 3 is 2.35 bits per heavy atom. The van der Waals surface area contributed by atoms with Gasteiger partial charge in [-0.25, -0.2) is 4.79 Å². The topological polar surface area (TPSA) is 72.0 Å². The quantitative estimate of drug-likeness (QED) is 0.362. The van der Waals surface area contributed by atoms with Crippen molar-refractivity contribution in [3.8, 4) is 0 Å². The summed E-state index contributed by atoms with van der Waals surface area (Å²) in [4.78, 5) is 23.1. The number of carbonyl (C=O) groups excluding carboxylic acids is 1. The van der Waals surface area contributed by atoms with Crippen molar-refractivity contribution in [1.29, 1.82) is 0 Å². The lowest BCUT2D eigenvalue weighted by molar-refractivity contribution is 0.101. The third-order valence-electron chi connectivity index (χ3n) is 3.20. The average molecular weight is 371 g/mol. The number of nitrogens with zero attached hydrogens (tertiary/aromatic N) is 2. The fraction of sp³-hybridized carbons (Fsp3) is 0.0588. The normalized spacial score (nSPS) is 11.2. The van der Waals surface area contributed by atoms with Gasteiger partial charge in [-0.15, -0.1) is 0 Å². The first-order valence-corrected chi connectivity index (χ1v) is 7.58. The zero-order valence-electron chi connectivity index (χ0n) is 12.1. The summed E-state index contributed by atoms with van der Waals surface area (Å²) in [5.74, 6) is -0.331. The number of carbonyl (C=O) groups is 1. The van der Waals surface area contributed by atoms with Gasteiger partial charge in [0.1, 0.15) is 11.1 Å². The van der Waals surface area contributed by atoms with E-state index in [-0.39, 0.29) is 11.3 Å². The predicted molar refractivity (Wildman–Crippen MR) is 90.8 cm³/mol. The molecule has 5 nitrogen and oxygen atoms in total. The largest absolute Gasteiger partial charge is 0.422 e. The summed E-state index contributed by atoms with van der Waals surface area (Å²) in [6, 6.07) is 14.0. The van der Waals surface area contributed by atoms with Crippen LogP contribution in [-0.4, -0.2) is 5.78 Å². The van der Waals surface area contributed by atoms with Gasteiger partial charge in [0.15, 0.2) is 5.78 Å². The molecule has 3 aromatic rings. The van der Waals surface area contributed by atoms with Gasteiger partial charge in [-0.1, -0.05) is 15.9 Å². The summed E-state index contributed by atoms with van der Waals surface area (Å²) < 4.78 is 6.10. The first kappa shape index (κ1) is 15.3. The standard InChI is InChI=1S/C17H11BrN2O3/c1-10(21)15-9-11-8-14(6-7-16(11)23-17(15)22)20-19-13-4-2-12(18)3-5-13/h2-9H,1H3. The minimum Gasteiger partial charge on any atom is -0.422 e. The third kappa shape index (κ3) is 3.43. The summed E-state index contributed by atoms with van der Waals surface area (Å²) in [6.07, 6.45) is 0. The van der Waals surface area contributed by atoms with Gasteiger partial charge in [0, 0.05) is 9.86 Å². The molecule has 0 saturated carbocycles. The number of hydrogen-bond acceptors (Lipinski definition) is 5. The predicted octanol–water partition coefficient (Wildman–Crippen LogP) is 5.17. The molecule has 0 bridgehead atoms. The summed E-state index contributed by atoms with van der Waals surface area (Å²) in [5.41, 5.74) is 1.12. The highest BCUT2D eigenvalue weighted by atomic mass is 79.9. The molecular weight excluding hydrogens is 360 g/mol. The highest BCUT2D eigenvalue weighted by Crippen LogP contribution is 2.24. The van der Waals surface area contributed by atoms with Crippen LogP contribution < -0.4 is 5.63 Å². The van der Waals surface area contributed by atoms with Gasteiger partial charge >= 0.3 is 5.63 Å². The molecule has 1 aromatic heterocycles. The van der Waals surface area contributed by atoms with Crippen LogP contribution >= 0.6 is 15.9 Å². The van der Waals surface area contributed by atoms with E-state index >= 15 is 0 Å². The molecule has 3 rings (SSSR count). The highest BCUT2D eigenvalue weighted by Gasteiger charge is 2.09. The second-order valence-corrected chi connectivity index (χ2v) is 5.82. The van der Waals surface area contributed by atoms with E-state index < -0.39 is 5.63 Å². The molecule has 0 aliphatic carbocycles. The Morgan fingerprint density at radius 2 is 1.65 bits per heavy atom. The minimum absolute atomic E-state index is 0.0273. The zero-order chi connectivity index (χ0) is 16.4. The molecule has 0 unspecified atom stereocenters. The van der Waals surface area contributed by atoms with E-state index in [1.54, 1.807) is 18.2 Å². The van der Waals surface area contributed by atoms with Crippen LogP contribution in [0.5, 0.6) is 0 Å². The monoisotopic (exact) mass is 370 g/mol. The Kier molecular flexibility index (Phi) is 4.16. The maximum absolute atomic E-state index is 11.7. The number of Topliss-reactive ketones (excluding diaryl/α,β-unsaturated/α-hetero) is 1. The number of hydrogen-bond donors (Lipinski definition) is 0. The molecule has 0 fully saturated rings. The molecular formula is C17H11BrN2O3. The van der Waals surface area contributed by atoms with Gasteiger partial charge in [-0.05, 0) is 55.5 Å². The van der Waals surface area contributed by atoms with Crippen molar-refractivity contribution in [3.63, 3.8) is 0 Å². The van der Waals surface area contributed by atoms with E-state index in [4.69, 9.17) is 4.42 Å². The van der Waals surface area contributed by atoms with E-state index in [0.717, 1.165) is 10.2 Å². The first-order valence-electron chi connectivity index (χ1n) is 6.79. The van der Waals surface area contributed by atoms with Crippen LogP contribution in [0.3, 0.4) is 0 Å². The van der Waals surface area contributed by atoms with Crippen molar-refractivity contribution in [2.45, 2.75) is 6.92 Å². The summed E-state index contributed by atoms with van der Waals surface area (Å²) in [5, 5.41) is 8.93. The van der Waals surface area contributed by atoms with Crippen molar-refractivity contribution < 1.29 is 9.21 Å². The average Bonchev–Trinajstić information content (AvgIpc) is 2.53. The number of halogens is 1. The molecule has 114 valence electrons. The van der Waals surface area contributed by atoms with Crippen LogP contribution in [0.15, 0.2) is 72.4 Å². The van der Waals surface area contributed by atoms with Gasteiger partial charge < -0.3 is 4.42 Å². The highest BCUT2D eigenvalue weighted by molar-refractivity contribution is 9.10. The Hall–Kier alpha value is -2.60. The van der Waals surface area contributed by atoms with Crippen LogP contribution in [0, 0.1) is 0 Å². The van der Waals surface area contributed by atoms with Crippen molar-refractivity contribution >= 4 is 44.1 Å². The molecule has 0 amide bonds. The van der Waals surface area contributed by atoms with E-state index in [1.807, 2.05) is 24.3 Å². The van der Waals surface area contributed by atoms with Gasteiger partial charge in [0.05, 0.1) is 11.4 Å². The molecule has 23 heavy (non-hydrogen) atoms. The van der Waals surface area contributed by atoms with E-state index in [9.17, 15) is 9.59 Å². The zero-order valence-corrected chi connectivity index (χ0v) is 13.7. The second-order valence-electron chi connectivity index (χ2n) is 4.90. The van der Waals surface area contributed by atoms with Crippen molar-refractivity contribution in [2.24, 2.45) is 10.2 Å². The molecule has 2 aromatic carbocycles. The van der Waals surface area contributed by atoms with Gasteiger partial charge in [-0.3, -0.25) is 4.79 Å². The Balaban J connectivity index is 1.99. The smallest absolute Gasteiger partial charge is 0.347 e. The van der Waals surface area contributed by atoms with Crippen LogP contribution in [0.4, 0.5) is 11.4 Å². The summed E-state index contributed by atoms with van der Waals surface area (Å²) in [7, 11) is 0. The van der Waals surface area contributed by atoms with Crippen LogP contribution in [-0.2, 0) is 0 Å². The molecule has 0 aliphatic heterocycles. The molecule has 6 heteroatoms. The van der Waals surface area contributed by atoms with Crippen LogP contribution in [0.2, 0.25) is 0 Å². The lowest BCUT2D eigenvalue weighted by Crippen LogP contribution is -2.10. The fourth-order valence-corrected chi connectivity index (χ4v) is 2.31. The Morgan fingerprint density at radius 1 is 1.00 bits per heavy atom. The van der Waals surface area contributed by atoms with Crippen molar-refractivity contribution in [1.82, 2.24) is 0 Å². The summed E-state index contributed by atoms with van der Waals surface area (Å²) >= 11 is 3.36. The van der Waals surface area contributed by atoms with E-state index in [0.29, 0.717) is 16.7 Å². The molecule has 0 aliphatic rings. The second kappa shape index (κ2) is 6.26. The maximum atomic E-state index is 11.7. The maximum Gasteiger partial charge on any atom is 0.347 e. The molecule has 1 heterocycles. The van der Waals surface area contributed by atoms with Gasteiger partial charge in [-0.2, -0.15) is 10.2 Å². The first-order chi connectivity index (χ1) is 11.0. The fourth-order valence-electron chi connectivity index (χ4n) is 2.04. The Bertz CT molecular complexity index is 975. The van der Waals surface area contributed by atoms with E-state index in [2.05, 4.69) is 26.2 Å². The van der Waals surface area contributed by atoms with Crippen molar-refractivity contribution in [3.05, 3.63) is 69.0 Å². The van der Waals surface area contributed by atoms with Crippen LogP contribution in [0.25, 0.3) is 11.0 Å². The van der Waals surface area contributed by atoms with Gasteiger partial charge in [0.2, 0.25) is 0 Å². The number of rotatable bonds is 3. The summed E-state index contributed by atoms with van der Waals surface area (Å²) in [6.45, 7) is 1.33. The third-order valence-corrected chi connectivity index (χ3v) is 3.73. The minimum atomic E-state index is -0.630. The SMILES string of the molecule is CC(=O)c1cc2cc(N=Nc3ccc(Br)cc3)ccc2oc1=O. The molecule has 0 saturated heterocycles. The Labute approximate surface area is 139 Å². The number of benzene rings is 2. The number of ketones is 1. The molecule has 0 atom stereocenters. The van der Waals surface area contributed by atoms with Crippen molar-refractivity contribution in [2.75, 3.05) is 0 Å². The van der Waals surface area contributed by atoms with Crippen LogP contribution in [0.1, 0.15) is 17.3 Å². The lowest BCUT2D eigenvalue weighted by atomic mass is 10.1. The molecule has 0 spiro atoms.